The van der Waals surface area contributed by atoms with Crippen LogP contribution in [0.25, 0.3) is 28.1 Å². The van der Waals surface area contributed by atoms with Gasteiger partial charge in [0.1, 0.15) is 17.2 Å². The maximum atomic E-state index is 16.0. The molecule has 1 amide bonds. The standard InChI is InChI=1S/C29H33FN8O4S/c1-7-23(39)36-11-12-37(17(4)15-36)27-19-13-20(30)24(26-21(31)14-32-35(26)5)33-28(19)38(29(40)34-27)25-18(16(2)3)9-8-10-22(25)43(6,41)42/h7-10,13-14,16-17H,1,11-12,15,31H2,2-6H3/t17-/m0/s1. The molecule has 1 atom stereocenters. The zero-order valence-electron chi connectivity index (χ0n) is 24.6. The third kappa shape index (κ3) is 5.15. The number of carbonyl (C=O) groups is 1. The largest absolute Gasteiger partial charge is 0.396 e. The minimum atomic E-state index is -3.83. The van der Waals surface area contributed by atoms with Crippen LogP contribution in [0.15, 0.2) is 52.8 Å². The van der Waals surface area contributed by atoms with E-state index in [4.69, 9.17) is 5.73 Å². The number of rotatable bonds is 6. The van der Waals surface area contributed by atoms with Crippen molar-refractivity contribution in [2.24, 2.45) is 7.05 Å². The first-order valence-electron chi connectivity index (χ1n) is 13.7. The number of sulfone groups is 1. The van der Waals surface area contributed by atoms with E-state index in [0.29, 0.717) is 25.2 Å². The van der Waals surface area contributed by atoms with Gasteiger partial charge in [-0.1, -0.05) is 32.6 Å². The molecule has 1 saturated heterocycles. The first-order valence-corrected chi connectivity index (χ1v) is 15.6. The monoisotopic (exact) mass is 608 g/mol. The van der Waals surface area contributed by atoms with E-state index in [9.17, 15) is 18.0 Å². The second-order valence-electron chi connectivity index (χ2n) is 11.0. The molecule has 1 fully saturated rings. The van der Waals surface area contributed by atoms with Crippen molar-refractivity contribution in [3.05, 3.63) is 65.0 Å². The summed E-state index contributed by atoms with van der Waals surface area (Å²) in [5, 5.41) is 4.29. The van der Waals surface area contributed by atoms with Crippen LogP contribution in [0.3, 0.4) is 0 Å². The molecule has 226 valence electrons. The molecular weight excluding hydrogens is 575 g/mol. The average Bonchev–Trinajstić information content (AvgIpc) is 3.28. The van der Waals surface area contributed by atoms with E-state index in [1.54, 1.807) is 24.1 Å². The molecule has 0 unspecified atom stereocenters. The fraction of sp³-hybridized carbons (Fsp3) is 0.345. The maximum absolute atomic E-state index is 16.0. The second-order valence-corrected chi connectivity index (χ2v) is 13.0. The lowest BCUT2D eigenvalue weighted by molar-refractivity contribution is -0.126. The number of nitrogens with two attached hydrogens (primary N) is 1. The summed E-state index contributed by atoms with van der Waals surface area (Å²) in [6.45, 7) is 10.1. The number of pyridine rings is 1. The molecule has 0 saturated carbocycles. The fourth-order valence-corrected chi connectivity index (χ4v) is 6.47. The molecule has 1 aliphatic rings. The Morgan fingerprint density at radius 2 is 1.95 bits per heavy atom. The van der Waals surface area contributed by atoms with Gasteiger partial charge in [0, 0.05) is 39.0 Å². The van der Waals surface area contributed by atoms with Crippen LogP contribution < -0.4 is 16.3 Å². The predicted molar refractivity (Wildman–Crippen MR) is 162 cm³/mol. The van der Waals surface area contributed by atoms with Gasteiger partial charge in [0.15, 0.2) is 21.3 Å². The molecule has 1 aliphatic heterocycles. The van der Waals surface area contributed by atoms with Crippen molar-refractivity contribution < 1.29 is 17.6 Å². The van der Waals surface area contributed by atoms with Crippen LogP contribution in [0.1, 0.15) is 32.3 Å². The van der Waals surface area contributed by atoms with E-state index in [0.717, 1.165) is 10.8 Å². The number of nitrogens with zero attached hydrogens (tertiary/aromatic N) is 7. The van der Waals surface area contributed by atoms with E-state index < -0.39 is 21.3 Å². The summed E-state index contributed by atoms with van der Waals surface area (Å²) in [5.74, 6) is -0.969. The molecule has 14 heteroatoms. The number of amides is 1. The fourth-order valence-electron chi connectivity index (χ4n) is 5.58. The molecule has 4 aromatic rings. The highest BCUT2D eigenvalue weighted by molar-refractivity contribution is 7.90. The Kier molecular flexibility index (Phi) is 7.59. The van der Waals surface area contributed by atoms with Crippen molar-refractivity contribution >= 4 is 38.3 Å². The third-order valence-corrected chi connectivity index (χ3v) is 8.78. The van der Waals surface area contributed by atoms with Crippen LogP contribution in [0, 0.1) is 5.82 Å². The molecule has 3 aromatic heterocycles. The molecule has 2 N–H and O–H groups in total. The van der Waals surface area contributed by atoms with E-state index in [-0.39, 0.29) is 62.4 Å². The van der Waals surface area contributed by atoms with Gasteiger partial charge < -0.3 is 15.5 Å². The summed E-state index contributed by atoms with van der Waals surface area (Å²) < 4.78 is 44.5. The van der Waals surface area contributed by atoms with Crippen LogP contribution in [0.2, 0.25) is 0 Å². The number of aromatic nitrogens is 5. The Balaban J connectivity index is 1.88. The van der Waals surface area contributed by atoms with Gasteiger partial charge in [0.25, 0.3) is 0 Å². The van der Waals surface area contributed by atoms with E-state index >= 15 is 4.39 Å². The highest BCUT2D eigenvalue weighted by atomic mass is 32.2. The molecule has 43 heavy (non-hydrogen) atoms. The van der Waals surface area contributed by atoms with Gasteiger partial charge in [0.2, 0.25) is 5.91 Å². The number of anilines is 2. The zero-order chi connectivity index (χ0) is 31.4. The molecule has 0 bridgehead atoms. The molecule has 0 spiro atoms. The lowest BCUT2D eigenvalue weighted by Crippen LogP contribution is -2.54. The first kappa shape index (κ1) is 29.9. The Morgan fingerprint density at radius 1 is 1.23 bits per heavy atom. The van der Waals surface area contributed by atoms with Crippen molar-refractivity contribution in [3.63, 3.8) is 0 Å². The predicted octanol–water partition coefficient (Wildman–Crippen LogP) is 2.65. The van der Waals surface area contributed by atoms with Gasteiger partial charge in [-0.05, 0) is 36.6 Å². The normalized spacial score (nSPS) is 15.8. The molecule has 5 rings (SSSR count). The van der Waals surface area contributed by atoms with Crippen molar-refractivity contribution in [1.29, 1.82) is 0 Å². The van der Waals surface area contributed by atoms with Crippen molar-refractivity contribution in [2.75, 3.05) is 36.5 Å². The quantitative estimate of drug-likeness (QED) is 0.326. The second kappa shape index (κ2) is 10.9. The lowest BCUT2D eigenvalue weighted by atomic mass is 10.0. The summed E-state index contributed by atoms with van der Waals surface area (Å²) >= 11 is 0. The highest BCUT2D eigenvalue weighted by Gasteiger charge is 2.31. The summed E-state index contributed by atoms with van der Waals surface area (Å²) in [6, 6.07) is 5.71. The van der Waals surface area contributed by atoms with Gasteiger partial charge >= 0.3 is 5.69 Å². The van der Waals surface area contributed by atoms with E-state index in [1.165, 1.54) is 29.1 Å². The number of hydrogen-bond acceptors (Lipinski definition) is 9. The van der Waals surface area contributed by atoms with Crippen LogP contribution in [0.4, 0.5) is 15.9 Å². The number of fused-ring (bicyclic) bond motifs is 1. The molecule has 0 aliphatic carbocycles. The first-order chi connectivity index (χ1) is 20.2. The minimum absolute atomic E-state index is 0.00166. The Labute approximate surface area is 248 Å². The maximum Gasteiger partial charge on any atom is 0.355 e. The van der Waals surface area contributed by atoms with Crippen molar-refractivity contribution in [1.82, 2.24) is 29.2 Å². The lowest BCUT2D eigenvalue weighted by Gasteiger charge is -2.40. The summed E-state index contributed by atoms with van der Waals surface area (Å²) in [6.07, 6.45) is 3.67. The zero-order valence-corrected chi connectivity index (χ0v) is 25.4. The number of hydrogen-bond donors (Lipinski definition) is 1. The Hall–Kier alpha value is -4.59. The summed E-state index contributed by atoms with van der Waals surface area (Å²) in [5.41, 5.74) is 6.22. The number of piperazine rings is 1. The molecule has 1 aromatic carbocycles. The van der Waals surface area contributed by atoms with Crippen LogP contribution in [-0.4, -0.2) is 75.5 Å². The molecule has 12 nitrogen and oxygen atoms in total. The Bertz CT molecular complexity index is 1930. The van der Waals surface area contributed by atoms with E-state index in [2.05, 4.69) is 21.6 Å². The summed E-state index contributed by atoms with van der Waals surface area (Å²) in [7, 11) is -2.25. The number of para-hydroxylation sites is 1. The number of halogens is 1. The van der Waals surface area contributed by atoms with Gasteiger partial charge in [-0.25, -0.2) is 27.2 Å². The van der Waals surface area contributed by atoms with Gasteiger partial charge in [-0.15, -0.1) is 0 Å². The SMILES string of the molecule is C=CC(=O)N1CCN(c2nc(=O)n(-c3c(C(C)C)cccc3S(C)(=O)=O)c3nc(-c4c(N)cnn4C)c(F)cc23)[C@@H](C)C1. The molecular formula is C29H33FN8O4S. The smallest absolute Gasteiger partial charge is 0.355 e. The molecule has 4 heterocycles. The highest BCUT2D eigenvalue weighted by Crippen LogP contribution is 2.36. The number of nitrogen functional groups attached to an aromatic ring is 1. The van der Waals surface area contributed by atoms with Gasteiger partial charge in [-0.3, -0.25) is 9.48 Å². The third-order valence-electron chi connectivity index (χ3n) is 7.65. The summed E-state index contributed by atoms with van der Waals surface area (Å²) in [4.78, 5) is 38.8. The average molecular weight is 609 g/mol. The van der Waals surface area contributed by atoms with Crippen molar-refractivity contribution in [3.8, 4) is 17.1 Å². The van der Waals surface area contributed by atoms with E-state index in [1.807, 2.05) is 25.7 Å². The van der Waals surface area contributed by atoms with Crippen LogP contribution in [-0.2, 0) is 21.7 Å². The minimum Gasteiger partial charge on any atom is -0.396 e. The molecule has 0 radical (unpaired) electrons. The van der Waals surface area contributed by atoms with Crippen LogP contribution in [0.5, 0.6) is 0 Å². The number of aryl methyl sites for hydroxylation is 1. The van der Waals surface area contributed by atoms with Gasteiger partial charge in [0.05, 0.1) is 27.9 Å². The van der Waals surface area contributed by atoms with Crippen LogP contribution >= 0.6 is 0 Å². The number of benzene rings is 1. The number of carbonyl (C=O) groups excluding carboxylic acids is 1. The van der Waals surface area contributed by atoms with Gasteiger partial charge in [-0.2, -0.15) is 10.1 Å². The topological polar surface area (TPSA) is 149 Å². The van der Waals surface area contributed by atoms with Crippen molar-refractivity contribution in [2.45, 2.75) is 37.6 Å². The Morgan fingerprint density at radius 3 is 2.53 bits per heavy atom.